The molecule has 0 aliphatic rings. The highest BCUT2D eigenvalue weighted by Gasteiger charge is 2.06. The number of aromatic nitrogens is 1. The number of rotatable bonds is 4. The Hall–Kier alpha value is -1.17. The number of pyridine rings is 1. The monoisotopic (exact) mass is 344 g/mol. The van der Waals surface area contributed by atoms with E-state index < -0.39 is 0 Å². The molecule has 2 aromatic rings. The van der Waals surface area contributed by atoms with Gasteiger partial charge in [-0.25, -0.2) is 9.37 Å². The Morgan fingerprint density at radius 3 is 2.84 bits per heavy atom. The predicted octanol–water partition coefficient (Wildman–Crippen LogP) is 4.15. The molecular formula is C13H11BrClFN2O. The van der Waals surface area contributed by atoms with Crippen LogP contribution in [0, 0.1) is 5.82 Å². The van der Waals surface area contributed by atoms with Gasteiger partial charge in [-0.2, -0.15) is 0 Å². The second kappa shape index (κ2) is 6.32. The van der Waals surface area contributed by atoms with E-state index in [4.69, 9.17) is 16.3 Å². The Bertz CT molecular complexity index is 575. The smallest absolute Gasteiger partial charge is 0.219 e. The van der Waals surface area contributed by atoms with Crippen LogP contribution in [0.2, 0.25) is 5.02 Å². The van der Waals surface area contributed by atoms with E-state index in [0.29, 0.717) is 27.7 Å². The molecule has 3 nitrogen and oxygen atoms in total. The van der Waals surface area contributed by atoms with E-state index >= 15 is 0 Å². The van der Waals surface area contributed by atoms with Gasteiger partial charge >= 0.3 is 0 Å². The zero-order valence-corrected chi connectivity index (χ0v) is 12.4. The third-order valence-corrected chi connectivity index (χ3v) is 3.13. The van der Waals surface area contributed by atoms with Crippen molar-refractivity contribution in [2.24, 2.45) is 0 Å². The first kappa shape index (κ1) is 14.2. The van der Waals surface area contributed by atoms with E-state index in [1.54, 1.807) is 12.1 Å². The molecule has 6 heteroatoms. The number of benzene rings is 1. The van der Waals surface area contributed by atoms with E-state index in [0.717, 1.165) is 5.56 Å². The molecule has 0 aliphatic carbocycles. The number of nitrogens with zero attached hydrogens (tertiary/aromatic N) is 1. The molecule has 100 valence electrons. The van der Waals surface area contributed by atoms with Gasteiger partial charge in [-0.1, -0.05) is 27.5 Å². The van der Waals surface area contributed by atoms with Gasteiger partial charge in [-0.3, -0.25) is 0 Å². The number of ether oxygens (including phenoxy) is 1. The van der Waals surface area contributed by atoms with Gasteiger partial charge in [0, 0.05) is 29.3 Å². The third kappa shape index (κ3) is 3.89. The zero-order valence-electron chi connectivity index (χ0n) is 10.1. The molecule has 0 amide bonds. The first-order valence-electron chi connectivity index (χ1n) is 5.51. The van der Waals surface area contributed by atoms with Crippen LogP contribution in [0.15, 0.2) is 34.9 Å². The Morgan fingerprint density at radius 1 is 1.37 bits per heavy atom. The lowest BCUT2D eigenvalue weighted by molar-refractivity contribution is 0.456. The van der Waals surface area contributed by atoms with Crippen molar-refractivity contribution in [3.8, 4) is 11.6 Å². The Kier molecular flexibility index (Phi) is 4.74. The summed E-state index contributed by atoms with van der Waals surface area (Å²) in [5, 5.41) is 3.56. The maximum atomic E-state index is 13.2. The van der Waals surface area contributed by atoms with Crippen LogP contribution in [0.4, 0.5) is 4.39 Å². The van der Waals surface area contributed by atoms with Gasteiger partial charge in [0.15, 0.2) is 0 Å². The summed E-state index contributed by atoms with van der Waals surface area (Å²) in [4.78, 5) is 4.06. The summed E-state index contributed by atoms with van der Waals surface area (Å²) in [6, 6.07) is 6.03. The maximum Gasteiger partial charge on any atom is 0.219 e. The molecule has 19 heavy (non-hydrogen) atoms. The fourth-order valence-electron chi connectivity index (χ4n) is 1.55. The molecule has 0 fully saturated rings. The van der Waals surface area contributed by atoms with Crippen LogP contribution in [0.5, 0.6) is 11.6 Å². The van der Waals surface area contributed by atoms with Crippen molar-refractivity contribution in [3.63, 3.8) is 0 Å². The molecule has 1 N–H and O–H groups in total. The summed E-state index contributed by atoms with van der Waals surface area (Å²) in [5.41, 5.74) is 0.865. The lowest BCUT2D eigenvalue weighted by Crippen LogP contribution is -2.06. The van der Waals surface area contributed by atoms with E-state index in [-0.39, 0.29) is 5.82 Å². The molecule has 1 aromatic carbocycles. The van der Waals surface area contributed by atoms with Crippen LogP contribution >= 0.6 is 27.5 Å². The van der Waals surface area contributed by atoms with Crippen LogP contribution in [0.1, 0.15) is 5.56 Å². The highest BCUT2D eigenvalue weighted by atomic mass is 79.9. The zero-order chi connectivity index (χ0) is 13.8. The van der Waals surface area contributed by atoms with Gasteiger partial charge in [-0.05, 0) is 24.7 Å². The summed E-state index contributed by atoms with van der Waals surface area (Å²) in [6.07, 6.45) is 1.51. The lowest BCUT2D eigenvalue weighted by Gasteiger charge is -2.08. The predicted molar refractivity (Wildman–Crippen MR) is 76.2 cm³/mol. The standard InChI is InChI=1S/C13H11BrClFN2O/c1-17-6-8-2-13(18-7-12(8)15)19-11-4-9(14)3-10(16)5-11/h2-5,7,17H,6H2,1H3. The first-order valence-corrected chi connectivity index (χ1v) is 6.68. The van der Waals surface area contributed by atoms with E-state index in [1.165, 1.54) is 18.3 Å². The Balaban J connectivity index is 2.25. The molecule has 0 saturated carbocycles. The van der Waals surface area contributed by atoms with E-state index in [9.17, 15) is 4.39 Å². The largest absolute Gasteiger partial charge is 0.439 e. The number of hydrogen-bond donors (Lipinski definition) is 1. The minimum atomic E-state index is -0.381. The van der Waals surface area contributed by atoms with Crippen LogP contribution < -0.4 is 10.1 Å². The van der Waals surface area contributed by atoms with Crippen molar-refractivity contribution >= 4 is 27.5 Å². The highest BCUT2D eigenvalue weighted by Crippen LogP contribution is 2.27. The van der Waals surface area contributed by atoms with E-state index in [2.05, 4.69) is 26.2 Å². The summed E-state index contributed by atoms with van der Waals surface area (Å²) in [5.74, 6) is 0.359. The average molecular weight is 346 g/mol. The number of halogens is 3. The molecule has 2 rings (SSSR count). The van der Waals surface area contributed by atoms with Gasteiger partial charge in [0.1, 0.15) is 11.6 Å². The number of nitrogens with one attached hydrogen (secondary N) is 1. The fraction of sp³-hybridized carbons (Fsp3) is 0.154. The van der Waals surface area contributed by atoms with Crippen LogP contribution in [-0.2, 0) is 6.54 Å². The summed E-state index contributed by atoms with van der Waals surface area (Å²) < 4.78 is 19.4. The molecule has 1 aromatic heterocycles. The fourth-order valence-corrected chi connectivity index (χ4v) is 2.16. The average Bonchev–Trinajstić information content (AvgIpc) is 2.32. The van der Waals surface area contributed by atoms with Crippen LogP contribution in [0.3, 0.4) is 0 Å². The van der Waals surface area contributed by atoms with Crippen molar-refractivity contribution in [2.75, 3.05) is 7.05 Å². The van der Waals surface area contributed by atoms with Crippen molar-refractivity contribution in [2.45, 2.75) is 6.54 Å². The van der Waals surface area contributed by atoms with Crippen molar-refractivity contribution in [1.82, 2.24) is 10.3 Å². The minimum absolute atomic E-state index is 0.368. The molecule has 0 bridgehead atoms. The summed E-state index contributed by atoms with van der Waals surface area (Å²) in [6.45, 7) is 0.602. The lowest BCUT2D eigenvalue weighted by atomic mass is 10.2. The molecule has 0 aliphatic heterocycles. The molecule has 0 unspecified atom stereocenters. The van der Waals surface area contributed by atoms with Gasteiger partial charge in [0.05, 0.1) is 5.02 Å². The van der Waals surface area contributed by atoms with Gasteiger partial charge in [-0.15, -0.1) is 0 Å². The van der Waals surface area contributed by atoms with Crippen molar-refractivity contribution < 1.29 is 9.13 Å². The van der Waals surface area contributed by atoms with Crippen molar-refractivity contribution in [1.29, 1.82) is 0 Å². The third-order valence-electron chi connectivity index (χ3n) is 2.34. The topological polar surface area (TPSA) is 34.1 Å². The second-order valence-electron chi connectivity index (χ2n) is 3.85. The van der Waals surface area contributed by atoms with Gasteiger partial charge in [0.2, 0.25) is 5.88 Å². The normalized spacial score (nSPS) is 10.5. The minimum Gasteiger partial charge on any atom is -0.439 e. The Morgan fingerprint density at radius 2 is 2.16 bits per heavy atom. The number of hydrogen-bond acceptors (Lipinski definition) is 3. The SMILES string of the molecule is CNCc1cc(Oc2cc(F)cc(Br)c2)ncc1Cl. The Labute approximate surface area is 123 Å². The molecule has 0 saturated heterocycles. The van der Waals surface area contributed by atoms with Crippen LogP contribution in [-0.4, -0.2) is 12.0 Å². The second-order valence-corrected chi connectivity index (χ2v) is 5.17. The highest BCUT2D eigenvalue weighted by molar-refractivity contribution is 9.10. The van der Waals surface area contributed by atoms with Gasteiger partial charge < -0.3 is 10.1 Å². The molecule has 1 heterocycles. The van der Waals surface area contributed by atoms with Gasteiger partial charge in [0.25, 0.3) is 0 Å². The molecule has 0 spiro atoms. The first-order chi connectivity index (χ1) is 9.08. The summed E-state index contributed by atoms with van der Waals surface area (Å²) in [7, 11) is 1.82. The van der Waals surface area contributed by atoms with Crippen molar-refractivity contribution in [3.05, 3.63) is 51.3 Å². The molecule has 0 radical (unpaired) electrons. The maximum absolute atomic E-state index is 13.2. The quantitative estimate of drug-likeness (QED) is 0.904. The molecule has 0 atom stereocenters. The van der Waals surface area contributed by atoms with Crippen LogP contribution in [0.25, 0.3) is 0 Å². The van der Waals surface area contributed by atoms with E-state index in [1.807, 2.05) is 7.05 Å². The molecular weight excluding hydrogens is 335 g/mol. The summed E-state index contributed by atoms with van der Waals surface area (Å²) >= 11 is 9.21.